The maximum Gasteiger partial charge on any atom is 0.471 e. The molecule has 27 heavy (non-hydrogen) atoms. The number of ether oxygens (including phenoxy) is 1. The Bertz CT molecular complexity index is 916. The van der Waals surface area contributed by atoms with Crippen LogP contribution in [0, 0.1) is 0 Å². The Morgan fingerprint density at radius 2 is 1.96 bits per heavy atom. The maximum atomic E-state index is 12.5. The smallest absolute Gasteiger partial charge is 0.466 e. The summed E-state index contributed by atoms with van der Waals surface area (Å²) in [4.78, 5) is 14.8. The van der Waals surface area contributed by atoms with Crippen molar-refractivity contribution in [3.63, 3.8) is 0 Å². The van der Waals surface area contributed by atoms with Gasteiger partial charge in [0.1, 0.15) is 0 Å². The minimum Gasteiger partial charge on any atom is -0.466 e. The number of aromatic nitrogens is 4. The standard InChI is InChI=1S/C17H15F3N4O3/c1-2-26-14(25)7-12-8-21-24(10-12)9-11-3-5-13(6-4-11)15-22-16(27-23-15)17(18,19)20/h3-6,8,10H,2,7,9H2,1H3. The summed E-state index contributed by atoms with van der Waals surface area (Å²) in [6.07, 6.45) is -1.21. The van der Waals surface area contributed by atoms with E-state index in [0.717, 1.165) is 11.1 Å². The Labute approximate surface area is 151 Å². The fourth-order valence-corrected chi connectivity index (χ4v) is 2.36. The van der Waals surface area contributed by atoms with Crippen molar-refractivity contribution in [2.24, 2.45) is 0 Å². The zero-order valence-corrected chi connectivity index (χ0v) is 14.2. The lowest BCUT2D eigenvalue weighted by atomic mass is 10.1. The van der Waals surface area contributed by atoms with Crippen molar-refractivity contribution in [2.75, 3.05) is 6.61 Å². The number of hydrogen-bond donors (Lipinski definition) is 0. The predicted octanol–water partition coefficient (Wildman–Crippen LogP) is 3.11. The van der Waals surface area contributed by atoms with Gasteiger partial charge in [-0.1, -0.05) is 29.4 Å². The van der Waals surface area contributed by atoms with E-state index in [4.69, 9.17) is 4.74 Å². The molecule has 3 rings (SSSR count). The van der Waals surface area contributed by atoms with Crippen molar-refractivity contribution in [3.8, 4) is 11.4 Å². The van der Waals surface area contributed by atoms with Gasteiger partial charge in [0.15, 0.2) is 0 Å². The Hall–Kier alpha value is -3.17. The van der Waals surface area contributed by atoms with Gasteiger partial charge in [-0.2, -0.15) is 23.3 Å². The lowest BCUT2D eigenvalue weighted by molar-refractivity contribution is -0.159. The number of halogens is 3. The van der Waals surface area contributed by atoms with Gasteiger partial charge >= 0.3 is 18.0 Å². The van der Waals surface area contributed by atoms with Crippen molar-refractivity contribution in [1.82, 2.24) is 19.9 Å². The van der Waals surface area contributed by atoms with Gasteiger partial charge in [-0.05, 0) is 12.5 Å². The number of esters is 1. The van der Waals surface area contributed by atoms with Crippen LogP contribution >= 0.6 is 0 Å². The van der Waals surface area contributed by atoms with Crippen LogP contribution < -0.4 is 0 Å². The second kappa shape index (κ2) is 7.60. The Balaban J connectivity index is 1.65. The highest BCUT2D eigenvalue weighted by Crippen LogP contribution is 2.29. The molecule has 0 atom stereocenters. The van der Waals surface area contributed by atoms with Crippen molar-refractivity contribution in [3.05, 3.63) is 53.7 Å². The normalized spacial score (nSPS) is 11.6. The molecule has 0 N–H and O–H groups in total. The largest absolute Gasteiger partial charge is 0.471 e. The fraction of sp³-hybridized carbons (Fsp3) is 0.294. The average molecular weight is 380 g/mol. The molecule has 2 heterocycles. The Kier molecular flexibility index (Phi) is 5.24. The van der Waals surface area contributed by atoms with E-state index in [2.05, 4.69) is 19.8 Å². The molecule has 2 aromatic heterocycles. The molecule has 0 spiro atoms. The summed E-state index contributed by atoms with van der Waals surface area (Å²) in [6, 6.07) is 6.66. The van der Waals surface area contributed by atoms with Gasteiger partial charge in [-0.15, -0.1) is 0 Å². The van der Waals surface area contributed by atoms with Crippen LogP contribution in [0.25, 0.3) is 11.4 Å². The summed E-state index contributed by atoms with van der Waals surface area (Å²) in [6.45, 7) is 2.50. The van der Waals surface area contributed by atoms with E-state index in [1.54, 1.807) is 48.3 Å². The molecule has 10 heteroatoms. The molecule has 0 aliphatic heterocycles. The third-order valence-corrected chi connectivity index (χ3v) is 3.57. The summed E-state index contributed by atoms with van der Waals surface area (Å²) in [7, 11) is 0. The summed E-state index contributed by atoms with van der Waals surface area (Å²) in [5, 5.41) is 7.52. The third kappa shape index (κ3) is 4.72. The zero-order valence-electron chi connectivity index (χ0n) is 14.2. The van der Waals surface area contributed by atoms with Gasteiger partial charge in [0.05, 0.1) is 25.8 Å². The van der Waals surface area contributed by atoms with E-state index in [1.165, 1.54) is 0 Å². The van der Waals surface area contributed by atoms with Crippen molar-refractivity contribution < 1.29 is 27.2 Å². The first-order valence-corrected chi connectivity index (χ1v) is 8.02. The van der Waals surface area contributed by atoms with Crippen molar-refractivity contribution in [1.29, 1.82) is 0 Å². The molecule has 0 fully saturated rings. The molecule has 0 bridgehead atoms. The minimum atomic E-state index is -4.67. The highest BCUT2D eigenvalue weighted by molar-refractivity contribution is 5.72. The van der Waals surface area contributed by atoms with Crippen LogP contribution in [0.3, 0.4) is 0 Å². The first-order valence-electron chi connectivity index (χ1n) is 8.02. The maximum absolute atomic E-state index is 12.5. The molecule has 0 aliphatic carbocycles. The number of carbonyl (C=O) groups is 1. The Morgan fingerprint density at radius 3 is 2.59 bits per heavy atom. The molecule has 0 radical (unpaired) electrons. The fourth-order valence-electron chi connectivity index (χ4n) is 2.36. The number of carbonyl (C=O) groups excluding carboxylic acids is 1. The molecule has 0 saturated heterocycles. The molecule has 7 nitrogen and oxygen atoms in total. The molecule has 0 saturated carbocycles. The lowest BCUT2D eigenvalue weighted by Gasteiger charge is -2.03. The first-order chi connectivity index (χ1) is 12.8. The van der Waals surface area contributed by atoms with E-state index in [-0.39, 0.29) is 18.2 Å². The Morgan fingerprint density at radius 1 is 1.22 bits per heavy atom. The molecule has 0 unspecified atom stereocenters. The van der Waals surface area contributed by atoms with E-state index in [0.29, 0.717) is 18.7 Å². The number of alkyl halides is 3. The van der Waals surface area contributed by atoms with Crippen molar-refractivity contribution >= 4 is 5.97 Å². The number of hydrogen-bond acceptors (Lipinski definition) is 6. The highest BCUT2D eigenvalue weighted by atomic mass is 19.4. The molecule has 0 aliphatic rings. The first kappa shape index (κ1) is 18.6. The quantitative estimate of drug-likeness (QED) is 0.611. The average Bonchev–Trinajstić information content (AvgIpc) is 3.25. The summed E-state index contributed by atoms with van der Waals surface area (Å²) in [5.41, 5.74) is 2.00. The van der Waals surface area contributed by atoms with Gasteiger partial charge in [0, 0.05) is 17.3 Å². The second-order valence-corrected chi connectivity index (χ2v) is 5.65. The van der Waals surface area contributed by atoms with Gasteiger partial charge < -0.3 is 9.26 Å². The molecule has 3 aromatic rings. The van der Waals surface area contributed by atoms with Gasteiger partial charge in [0.25, 0.3) is 0 Å². The van der Waals surface area contributed by atoms with Crippen LogP contribution in [0.1, 0.15) is 23.9 Å². The van der Waals surface area contributed by atoms with Crippen LogP contribution in [-0.2, 0) is 28.7 Å². The number of rotatable bonds is 6. The predicted molar refractivity (Wildman–Crippen MR) is 86.4 cm³/mol. The van der Waals surface area contributed by atoms with E-state index in [9.17, 15) is 18.0 Å². The molecule has 142 valence electrons. The van der Waals surface area contributed by atoms with E-state index < -0.39 is 12.1 Å². The monoisotopic (exact) mass is 380 g/mol. The van der Waals surface area contributed by atoms with Gasteiger partial charge in [-0.25, -0.2) is 0 Å². The topological polar surface area (TPSA) is 83.0 Å². The van der Waals surface area contributed by atoms with E-state index in [1.807, 2.05) is 0 Å². The summed E-state index contributed by atoms with van der Waals surface area (Å²) < 4.78 is 48.3. The van der Waals surface area contributed by atoms with Gasteiger partial charge in [0.2, 0.25) is 5.82 Å². The molecule has 1 aromatic carbocycles. The van der Waals surface area contributed by atoms with Crippen LogP contribution in [-0.4, -0.2) is 32.5 Å². The van der Waals surface area contributed by atoms with Gasteiger partial charge in [-0.3, -0.25) is 9.48 Å². The summed E-state index contributed by atoms with van der Waals surface area (Å²) in [5.74, 6) is -1.84. The molecular formula is C17H15F3N4O3. The zero-order chi connectivity index (χ0) is 19.4. The second-order valence-electron chi connectivity index (χ2n) is 5.65. The SMILES string of the molecule is CCOC(=O)Cc1cnn(Cc2ccc(-c3noc(C(F)(F)F)n3)cc2)c1. The highest BCUT2D eigenvalue weighted by Gasteiger charge is 2.38. The van der Waals surface area contributed by atoms with Crippen LogP contribution in [0.4, 0.5) is 13.2 Å². The lowest BCUT2D eigenvalue weighted by Crippen LogP contribution is -2.07. The van der Waals surface area contributed by atoms with Crippen LogP contribution in [0.2, 0.25) is 0 Å². The molecular weight excluding hydrogens is 365 g/mol. The minimum absolute atomic E-state index is 0.135. The van der Waals surface area contributed by atoms with Crippen LogP contribution in [0.5, 0.6) is 0 Å². The molecule has 0 amide bonds. The summed E-state index contributed by atoms with van der Waals surface area (Å²) >= 11 is 0. The van der Waals surface area contributed by atoms with E-state index >= 15 is 0 Å². The number of nitrogens with zero attached hydrogens (tertiary/aromatic N) is 4. The van der Waals surface area contributed by atoms with Crippen molar-refractivity contribution in [2.45, 2.75) is 26.1 Å². The van der Waals surface area contributed by atoms with Crippen LogP contribution in [0.15, 0.2) is 41.2 Å². The third-order valence-electron chi connectivity index (χ3n) is 3.57. The number of benzene rings is 1.